The van der Waals surface area contributed by atoms with E-state index in [1.54, 1.807) is 33.5 Å². The number of carbonyl (C=O) groups is 2. The van der Waals surface area contributed by atoms with Crippen LogP contribution in [0.1, 0.15) is 62.8 Å². The Morgan fingerprint density at radius 3 is 2.46 bits per heavy atom. The summed E-state index contributed by atoms with van der Waals surface area (Å²) in [5.41, 5.74) is 6.64. The van der Waals surface area contributed by atoms with Crippen LogP contribution in [0, 0.1) is 5.92 Å². The Labute approximate surface area is 292 Å². The molecule has 3 atom stereocenters. The average molecular weight is 679 g/mol. The van der Waals surface area contributed by atoms with Crippen LogP contribution in [0.15, 0.2) is 65.6 Å². The largest absolute Gasteiger partial charge is 0.493 e. The van der Waals surface area contributed by atoms with Crippen molar-refractivity contribution in [3.63, 3.8) is 0 Å². The molecule has 6 rings (SSSR count). The Bertz CT molecular complexity index is 2020. The number of hydrogen-bond acceptors (Lipinski definition) is 7. The fourth-order valence-corrected chi connectivity index (χ4v) is 7.33. The maximum atomic E-state index is 14.2. The summed E-state index contributed by atoms with van der Waals surface area (Å²) in [5, 5.41) is 7.60. The molecule has 0 saturated carbocycles. The van der Waals surface area contributed by atoms with Crippen LogP contribution in [0.3, 0.4) is 0 Å². The van der Waals surface area contributed by atoms with Crippen LogP contribution in [0.2, 0.25) is 0 Å². The van der Waals surface area contributed by atoms with E-state index in [0.29, 0.717) is 54.4 Å². The molecule has 10 heteroatoms. The van der Waals surface area contributed by atoms with Crippen LogP contribution < -0.4 is 30.3 Å². The highest BCUT2D eigenvalue weighted by atomic mass is 16.5. The molecule has 1 aliphatic heterocycles. The molecular formula is C40H46N4O6. The van der Waals surface area contributed by atoms with E-state index in [4.69, 9.17) is 14.2 Å². The number of aromatic amines is 1. The Kier molecular flexibility index (Phi) is 10.2. The third kappa shape index (κ3) is 6.54. The van der Waals surface area contributed by atoms with Crippen molar-refractivity contribution < 1.29 is 23.8 Å². The molecule has 4 aromatic rings. The lowest BCUT2D eigenvalue weighted by Crippen LogP contribution is -2.48. The van der Waals surface area contributed by atoms with Gasteiger partial charge in [0.05, 0.1) is 33.1 Å². The molecule has 3 aromatic carbocycles. The number of anilines is 1. The lowest BCUT2D eigenvalue weighted by molar-refractivity contribution is -0.132. The number of rotatable bonds is 10. The Balaban J connectivity index is 1.36. The summed E-state index contributed by atoms with van der Waals surface area (Å²) in [5.74, 6) is 1.17. The number of methoxy groups -OCH3 is 3. The number of aromatic nitrogens is 1. The number of nitrogens with one attached hydrogen (secondary N) is 3. The molecule has 0 bridgehead atoms. The van der Waals surface area contributed by atoms with Crippen LogP contribution >= 0.6 is 0 Å². The van der Waals surface area contributed by atoms with Gasteiger partial charge >= 0.3 is 0 Å². The van der Waals surface area contributed by atoms with Crippen molar-refractivity contribution in [3.8, 4) is 28.4 Å². The van der Waals surface area contributed by atoms with Gasteiger partial charge in [-0.25, -0.2) is 0 Å². The quantitative estimate of drug-likeness (QED) is 0.175. The molecular weight excluding hydrogens is 632 g/mol. The predicted octanol–water partition coefficient (Wildman–Crippen LogP) is 6.49. The highest BCUT2D eigenvalue weighted by Gasteiger charge is 2.32. The molecule has 3 unspecified atom stereocenters. The van der Waals surface area contributed by atoms with E-state index in [-0.39, 0.29) is 23.2 Å². The number of nitrogens with zero attached hydrogens (tertiary/aromatic N) is 1. The van der Waals surface area contributed by atoms with E-state index >= 15 is 0 Å². The van der Waals surface area contributed by atoms with Crippen molar-refractivity contribution >= 4 is 34.0 Å². The van der Waals surface area contributed by atoms with Crippen LogP contribution in [0.5, 0.6) is 17.2 Å². The van der Waals surface area contributed by atoms with Gasteiger partial charge in [0.25, 0.3) is 0 Å². The first-order valence-corrected chi connectivity index (χ1v) is 17.3. The van der Waals surface area contributed by atoms with E-state index in [2.05, 4.69) is 33.8 Å². The van der Waals surface area contributed by atoms with Crippen molar-refractivity contribution in [2.75, 3.05) is 39.7 Å². The Morgan fingerprint density at radius 2 is 1.78 bits per heavy atom. The number of amides is 2. The molecule has 0 saturated heterocycles. The third-order valence-corrected chi connectivity index (χ3v) is 10.2. The molecule has 0 spiro atoms. The van der Waals surface area contributed by atoms with Gasteiger partial charge in [0.15, 0.2) is 11.5 Å². The molecule has 262 valence electrons. The minimum absolute atomic E-state index is 0.0407. The summed E-state index contributed by atoms with van der Waals surface area (Å²) in [4.78, 5) is 45.8. The number of ether oxygens (including phenoxy) is 3. The summed E-state index contributed by atoms with van der Waals surface area (Å²) in [6.45, 7) is 6.62. The van der Waals surface area contributed by atoms with Crippen LogP contribution in [0.4, 0.5) is 5.69 Å². The van der Waals surface area contributed by atoms with Crippen molar-refractivity contribution in [2.45, 2.75) is 58.5 Å². The molecule has 2 amide bonds. The number of aryl methyl sites for hydroxylation is 1. The monoisotopic (exact) mass is 678 g/mol. The summed E-state index contributed by atoms with van der Waals surface area (Å²) in [6.07, 6.45) is 6.82. The highest BCUT2D eigenvalue weighted by molar-refractivity contribution is 5.93. The summed E-state index contributed by atoms with van der Waals surface area (Å²) >= 11 is 0. The average Bonchev–Trinajstić information content (AvgIpc) is 3.43. The smallest absolute Gasteiger partial charge is 0.245 e. The molecule has 1 aliphatic carbocycles. The second kappa shape index (κ2) is 14.7. The van der Waals surface area contributed by atoms with Crippen molar-refractivity contribution in [3.05, 3.63) is 87.7 Å². The first-order valence-electron chi connectivity index (χ1n) is 17.3. The number of H-pyrrole nitrogens is 1. The number of para-hydroxylation sites is 1. The third-order valence-electron chi connectivity index (χ3n) is 10.2. The van der Waals surface area contributed by atoms with Crippen molar-refractivity contribution in [1.29, 1.82) is 0 Å². The Morgan fingerprint density at radius 1 is 1.00 bits per heavy atom. The molecule has 50 heavy (non-hydrogen) atoms. The van der Waals surface area contributed by atoms with Crippen LogP contribution in [-0.2, 0) is 16.0 Å². The van der Waals surface area contributed by atoms with E-state index < -0.39 is 12.1 Å². The Hall–Kier alpha value is -5.25. The molecule has 1 aromatic heterocycles. The zero-order chi connectivity index (χ0) is 35.5. The molecule has 0 fully saturated rings. The minimum atomic E-state index is -0.615. The first-order chi connectivity index (χ1) is 24.2. The van der Waals surface area contributed by atoms with Crippen molar-refractivity contribution in [1.82, 2.24) is 15.2 Å². The second-order valence-electron chi connectivity index (χ2n) is 13.1. The van der Waals surface area contributed by atoms with Crippen LogP contribution in [-0.4, -0.2) is 62.2 Å². The lowest BCUT2D eigenvalue weighted by atomic mass is 9.95. The number of hydrogen-bond donors (Lipinski definition) is 3. The summed E-state index contributed by atoms with van der Waals surface area (Å²) in [7, 11) is 4.71. The molecule has 2 heterocycles. The topological polar surface area (TPSA) is 122 Å². The standard InChI is InChI=1S/C40H46N4O6/c1-7-23(2)37(40(47)44-18-16-25(17-19-44)30-22-41-31-11-9-8-10-27(30)31)43-33-15-13-28-29(21-34(33)46)32(42-24(3)45)14-12-26-20-35(48-4)38(49-5)39(50-6)36(26)28/h8-11,13,15-16,20-23,32,37,41H,7,12,14,17-19H2,1-6H3,(H,42,45)(H,43,46). The van der Waals surface area contributed by atoms with Gasteiger partial charge in [0.1, 0.15) is 6.04 Å². The van der Waals surface area contributed by atoms with Gasteiger partial charge in [-0.3, -0.25) is 14.4 Å². The van der Waals surface area contributed by atoms with E-state index in [1.807, 2.05) is 49.2 Å². The normalized spacial score (nSPS) is 16.6. The van der Waals surface area contributed by atoms with Crippen molar-refractivity contribution in [2.24, 2.45) is 5.92 Å². The van der Waals surface area contributed by atoms with Gasteiger partial charge in [-0.2, -0.15) is 0 Å². The fraction of sp³-hybridized carbons (Fsp3) is 0.375. The SMILES string of the molecule is CCC(C)C(Nc1ccc2c(cc1=O)C(NC(C)=O)CCc1cc(OC)c(OC)c(OC)c1-2)C(=O)N1CC=C(c2c[nH]c3ccccc23)CC1. The summed E-state index contributed by atoms with van der Waals surface area (Å²) in [6, 6.07) is 14.3. The highest BCUT2D eigenvalue weighted by Crippen LogP contribution is 2.50. The number of carbonyl (C=O) groups excluding carboxylic acids is 2. The second-order valence-corrected chi connectivity index (χ2v) is 13.1. The lowest BCUT2D eigenvalue weighted by Gasteiger charge is -2.33. The van der Waals surface area contributed by atoms with E-state index in [1.165, 1.54) is 23.4 Å². The fourth-order valence-electron chi connectivity index (χ4n) is 7.33. The minimum Gasteiger partial charge on any atom is -0.493 e. The zero-order valence-corrected chi connectivity index (χ0v) is 29.6. The van der Waals surface area contributed by atoms with E-state index in [0.717, 1.165) is 35.0 Å². The maximum absolute atomic E-state index is 14.2. The van der Waals surface area contributed by atoms with Crippen LogP contribution in [0.25, 0.3) is 27.6 Å². The van der Waals surface area contributed by atoms with Gasteiger partial charge in [0, 0.05) is 48.2 Å². The van der Waals surface area contributed by atoms with Gasteiger partial charge in [-0.15, -0.1) is 0 Å². The van der Waals surface area contributed by atoms with Gasteiger partial charge in [-0.05, 0) is 71.7 Å². The number of fused-ring (bicyclic) bond motifs is 4. The van der Waals surface area contributed by atoms with Gasteiger partial charge < -0.3 is 34.7 Å². The maximum Gasteiger partial charge on any atom is 0.245 e. The zero-order valence-electron chi connectivity index (χ0n) is 29.6. The molecule has 2 aliphatic rings. The molecule has 10 nitrogen and oxygen atoms in total. The van der Waals surface area contributed by atoms with Gasteiger partial charge in [-0.1, -0.05) is 50.6 Å². The van der Waals surface area contributed by atoms with E-state index in [9.17, 15) is 14.4 Å². The molecule has 0 radical (unpaired) electrons. The predicted molar refractivity (Wildman–Crippen MR) is 197 cm³/mol. The summed E-state index contributed by atoms with van der Waals surface area (Å²) < 4.78 is 17.3. The number of benzene rings is 2. The molecule has 3 N–H and O–H groups in total. The van der Waals surface area contributed by atoms with Gasteiger partial charge in [0.2, 0.25) is 23.0 Å². The first kappa shape index (κ1) is 34.6.